The molecule has 1 aliphatic carbocycles. The van der Waals surface area contributed by atoms with Gasteiger partial charge in [-0.05, 0) is 82.2 Å². The van der Waals surface area contributed by atoms with Crippen LogP contribution in [0.5, 0.6) is 0 Å². The highest BCUT2D eigenvalue weighted by atomic mass is 32.2. The van der Waals surface area contributed by atoms with Crippen LogP contribution in [0.25, 0.3) is 5.57 Å². The van der Waals surface area contributed by atoms with E-state index >= 15 is 0 Å². The Kier molecular flexibility index (Phi) is 6.83. The second-order valence-electron chi connectivity index (χ2n) is 8.64. The molecular formula is C24H27N3O3S. The molecule has 7 heteroatoms. The first-order chi connectivity index (χ1) is 14.6. The molecule has 3 rings (SSSR count). The molecule has 1 aromatic rings. The largest absolute Gasteiger partial charge is 0.479 e. The Balaban J connectivity index is 2.32. The third kappa shape index (κ3) is 5.15. The van der Waals surface area contributed by atoms with Crippen molar-refractivity contribution in [3.8, 4) is 6.07 Å². The van der Waals surface area contributed by atoms with Crippen molar-refractivity contribution in [2.45, 2.75) is 65.1 Å². The van der Waals surface area contributed by atoms with Gasteiger partial charge < -0.3 is 9.84 Å². The summed E-state index contributed by atoms with van der Waals surface area (Å²) in [5.41, 5.74) is 3.93. The number of carbonyl (C=O) groups is 1. The number of nitriles is 1. The maximum Gasteiger partial charge on any atom is 0.337 e. The number of aromatic nitrogens is 1. The van der Waals surface area contributed by atoms with Gasteiger partial charge in [0.05, 0.1) is 11.3 Å². The van der Waals surface area contributed by atoms with E-state index in [1.54, 1.807) is 18.3 Å². The van der Waals surface area contributed by atoms with Crippen LogP contribution in [0.4, 0.5) is 0 Å². The van der Waals surface area contributed by atoms with Crippen molar-refractivity contribution >= 4 is 29.2 Å². The number of aliphatic carboxylic acids is 1. The number of rotatable bonds is 4. The average molecular weight is 438 g/mol. The molecule has 2 heterocycles. The van der Waals surface area contributed by atoms with Crippen LogP contribution in [-0.2, 0) is 9.53 Å². The Hall–Kier alpha value is -2.69. The van der Waals surface area contributed by atoms with E-state index in [2.05, 4.69) is 16.0 Å². The number of hydrogen-bond acceptors (Lipinski definition) is 6. The highest BCUT2D eigenvalue weighted by Gasteiger charge is 2.35. The van der Waals surface area contributed by atoms with Gasteiger partial charge in [0.2, 0.25) is 0 Å². The van der Waals surface area contributed by atoms with Gasteiger partial charge >= 0.3 is 5.97 Å². The summed E-state index contributed by atoms with van der Waals surface area (Å²) in [6.07, 6.45) is 4.33. The predicted molar refractivity (Wildman–Crippen MR) is 123 cm³/mol. The van der Waals surface area contributed by atoms with Crippen LogP contribution in [0.3, 0.4) is 0 Å². The van der Waals surface area contributed by atoms with Gasteiger partial charge in [0, 0.05) is 34.2 Å². The number of hydrogen-bond donors (Lipinski definition) is 1. The van der Waals surface area contributed by atoms with E-state index in [0.717, 1.165) is 36.8 Å². The van der Waals surface area contributed by atoms with Crippen molar-refractivity contribution in [2.24, 2.45) is 4.40 Å². The molecule has 6 nitrogen and oxygen atoms in total. The van der Waals surface area contributed by atoms with Gasteiger partial charge in [0.1, 0.15) is 11.8 Å². The molecule has 0 saturated heterocycles. The van der Waals surface area contributed by atoms with Crippen molar-refractivity contribution < 1.29 is 14.6 Å². The Morgan fingerprint density at radius 2 is 2.03 bits per heavy atom. The summed E-state index contributed by atoms with van der Waals surface area (Å²) < 4.78 is 10.7. The van der Waals surface area contributed by atoms with Crippen LogP contribution in [0, 0.1) is 11.3 Å². The van der Waals surface area contributed by atoms with E-state index in [4.69, 9.17) is 10.00 Å². The van der Waals surface area contributed by atoms with E-state index in [9.17, 15) is 9.90 Å². The summed E-state index contributed by atoms with van der Waals surface area (Å²) in [6.45, 7) is 11.7. The van der Waals surface area contributed by atoms with Crippen LogP contribution >= 0.6 is 11.9 Å². The Morgan fingerprint density at radius 3 is 2.61 bits per heavy atom. The normalized spacial score (nSPS) is 22.5. The summed E-state index contributed by atoms with van der Waals surface area (Å²) in [7, 11) is 0. The number of carboxylic acid groups (broad SMARTS) is 1. The van der Waals surface area contributed by atoms with Gasteiger partial charge in [-0.25, -0.2) is 14.2 Å². The van der Waals surface area contributed by atoms with Gasteiger partial charge in [-0.3, -0.25) is 0 Å². The van der Waals surface area contributed by atoms with Gasteiger partial charge in [0.25, 0.3) is 0 Å². The van der Waals surface area contributed by atoms with E-state index in [-0.39, 0.29) is 0 Å². The highest BCUT2D eigenvalue weighted by Crippen LogP contribution is 2.44. The molecule has 0 spiro atoms. The van der Waals surface area contributed by atoms with Gasteiger partial charge in [0.15, 0.2) is 6.10 Å². The molecule has 1 aliphatic heterocycles. The fraction of sp³-hybridized carbons (Fsp3) is 0.417. The van der Waals surface area contributed by atoms with Crippen molar-refractivity contribution in [1.82, 2.24) is 4.98 Å². The zero-order valence-corrected chi connectivity index (χ0v) is 19.2. The van der Waals surface area contributed by atoms with Crippen molar-refractivity contribution in [2.75, 3.05) is 0 Å². The molecule has 0 aromatic carbocycles. The number of ether oxygens (including phenoxy) is 1. The molecule has 1 N–H and O–H groups in total. The zero-order chi connectivity index (χ0) is 22.8. The SMILES string of the molecule is C=C1C2=C(CCCC2)S/N=C(C)\C(C(OC(C)(C)C)C(=O)O)=C/1c1ccc(C#N)nc1. The fourth-order valence-electron chi connectivity index (χ4n) is 3.81. The van der Waals surface area contributed by atoms with Crippen LogP contribution in [0.15, 0.2) is 50.9 Å². The lowest BCUT2D eigenvalue weighted by Gasteiger charge is -2.31. The van der Waals surface area contributed by atoms with Gasteiger partial charge in [-0.2, -0.15) is 5.26 Å². The number of pyridine rings is 1. The number of carboxylic acids is 1. The molecule has 0 saturated carbocycles. The molecule has 0 radical (unpaired) electrons. The van der Waals surface area contributed by atoms with Crippen molar-refractivity contribution in [3.63, 3.8) is 0 Å². The van der Waals surface area contributed by atoms with Crippen molar-refractivity contribution in [1.29, 1.82) is 5.26 Å². The molecule has 2 aliphatic rings. The standard InChI is InChI=1S/C24H27N3O3S/c1-14-18-8-6-7-9-19(18)31-27-15(2)21(22(23(28)29)30-24(3,4)5)20(14)16-10-11-17(12-25)26-13-16/h10-11,13,22H,1,6-9H2,2-5H3,(H,28,29)/b21-20-,27-15-. The molecule has 31 heavy (non-hydrogen) atoms. The first kappa shape index (κ1) is 23.0. The summed E-state index contributed by atoms with van der Waals surface area (Å²) in [4.78, 5) is 17.8. The maximum atomic E-state index is 12.4. The van der Waals surface area contributed by atoms with Crippen LogP contribution < -0.4 is 0 Å². The fourth-order valence-corrected chi connectivity index (χ4v) is 4.73. The molecule has 1 unspecified atom stereocenters. The molecule has 0 amide bonds. The van der Waals surface area contributed by atoms with Gasteiger partial charge in [-0.1, -0.05) is 6.58 Å². The average Bonchev–Trinajstić information content (AvgIpc) is 2.72. The van der Waals surface area contributed by atoms with Crippen LogP contribution in [-0.4, -0.2) is 33.5 Å². The zero-order valence-electron chi connectivity index (χ0n) is 18.4. The summed E-state index contributed by atoms with van der Waals surface area (Å²) in [6, 6.07) is 5.44. The summed E-state index contributed by atoms with van der Waals surface area (Å²) in [5, 5.41) is 19.3. The minimum absolute atomic E-state index is 0.293. The topological polar surface area (TPSA) is 95.6 Å². The molecule has 0 bridgehead atoms. The summed E-state index contributed by atoms with van der Waals surface area (Å²) >= 11 is 1.41. The monoisotopic (exact) mass is 437 g/mol. The summed E-state index contributed by atoms with van der Waals surface area (Å²) in [5.74, 6) is -1.09. The Bertz CT molecular complexity index is 1040. The Labute approximate surface area is 187 Å². The second kappa shape index (κ2) is 9.21. The van der Waals surface area contributed by atoms with E-state index in [0.29, 0.717) is 28.1 Å². The van der Waals surface area contributed by atoms with Crippen LogP contribution in [0.1, 0.15) is 64.6 Å². The predicted octanol–water partition coefficient (Wildman–Crippen LogP) is 5.48. The number of nitrogens with zero attached hydrogens (tertiary/aromatic N) is 3. The van der Waals surface area contributed by atoms with Gasteiger partial charge in [-0.15, -0.1) is 0 Å². The van der Waals surface area contributed by atoms with E-state index in [1.807, 2.05) is 33.8 Å². The van der Waals surface area contributed by atoms with Crippen molar-refractivity contribution in [3.05, 3.63) is 57.8 Å². The third-order valence-electron chi connectivity index (χ3n) is 5.16. The smallest absolute Gasteiger partial charge is 0.337 e. The molecule has 1 atom stereocenters. The molecule has 0 fully saturated rings. The molecule has 162 valence electrons. The Morgan fingerprint density at radius 1 is 1.32 bits per heavy atom. The highest BCUT2D eigenvalue weighted by molar-refractivity contribution is 8.02. The second-order valence-corrected chi connectivity index (χ2v) is 9.49. The van der Waals surface area contributed by atoms with E-state index < -0.39 is 17.7 Å². The maximum absolute atomic E-state index is 12.4. The molecular weight excluding hydrogens is 410 g/mol. The third-order valence-corrected chi connectivity index (χ3v) is 6.20. The lowest BCUT2D eigenvalue weighted by atomic mass is 9.82. The first-order valence-electron chi connectivity index (χ1n) is 10.3. The molecule has 1 aromatic heterocycles. The first-order valence-corrected chi connectivity index (χ1v) is 11.0. The van der Waals surface area contributed by atoms with Crippen LogP contribution in [0.2, 0.25) is 0 Å². The lowest BCUT2D eigenvalue weighted by Crippen LogP contribution is -2.37. The van der Waals surface area contributed by atoms with E-state index in [1.165, 1.54) is 16.9 Å². The number of allylic oxidation sites excluding steroid dienone is 4. The lowest BCUT2D eigenvalue weighted by molar-refractivity contribution is -0.155. The minimum Gasteiger partial charge on any atom is -0.479 e. The quantitative estimate of drug-likeness (QED) is 0.627. The minimum atomic E-state index is -1.22.